The molecule has 1 aliphatic heterocycles. The Morgan fingerprint density at radius 3 is 2.88 bits per heavy atom. The van der Waals surface area contributed by atoms with E-state index >= 15 is 0 Å². The van der Waals surface area contributed by atoms with Gasteiger partial charge in [0.1, 0.15) is 0 Å². The second-order valence-corrected chi connectivity index (χ2v) is 6.40. The van der Waals surface area contributed by atoms with Gasteiger partial charge in [-0.05, 0) is 31.4 Å². The largest absolute Gasteiger partial charge is 0.340 e. The van der Waals surface area contributed by atoms with E-state index in [0.717, 1.165) is 24.9 Å². The zero-order valence-electron chi connectivity index (χ0n) is 14.0. The Morgan fingerprint density at radius 2 is 2.12 bits per heavy atom. The van der Waals surface area contributed by atoms with Gasteiger partial charge < -0.3 is 10.6 Å². The third-order valence-electron chi connectivity index (χ3n) is 4.47. The number of benzene rings is 1. The summed E-state index contributed by atoms with van der Waals surface area (Å²) < 4.78 is 0. The molecule has 1 aliphatic rings. The SMILES string of the molecule is C[C@@H]1C[C@@H](N)CCN1C(=O)CCCn1nnc(-c2ccccc2)n1. The number of nitrogens with two attached hydrogens (primary N) is 1. The molecule has 0 radical (unpaired) electrons. The molecule has 1 fully saturated rings. The summed E-state index contributed by atoms with van der Waals surface area (Å²) >= 11 is 0. The molecule has 0 bridgehead atoms. The zero-order valence-corrected chi connectivity index (χ0v) is 14.0. The van der Waals surface area contributed by atoms with Crippen molar-refractivity contribution in [3.05, 3.63) is 30.3 Å². The number of hydrogen-bond acceptors (Lipinski definition) is 5. The van der Waals surface area contributed by atoms with Crippen molar-refractivity contribution in [2.75, 3.05) is 6.54 Å². The lowest BCUT2D eigenvalue weighted by Gasteiger charge is -2.36. The molecule has 0 aliphatic carbocycles. The molecule has 2 heterocycles. The first kappa shape index (κ1) is 16.6. The standard InChI is InChI=1S/C17H24N6O/c1-13-12-15(18)9-11-22(13)16(24)8-5-10-23-20-17(19-21-23)14-6-3-2-4-7-14/h2-4,6-7,13,15H,5,8-12,18H2,1H3/t13-,15+/m1/s1. The second kappa shape index (κ2) is 7.53. The number of likely N-dealkylation sites (tertiary alicyclic amines) is 1. The molecule has 24 heavy (non-hydrogen) atoms. The summed E-state index contributed by atoms with van der Waals surface area (Å²) in [6.07, 6.45) is 2.98. The van der Waals surface area contributed by atoms with E-state index in [-0.39, 0.29) is 18.0 Å². The number of amides is 1. The molecule has 7 heteroatoms. The fraction of sp³-hybridized carbons (Fsp3) is 0.529. The Kier molecular flexibility index (Phi) is 5.20. The smallest absolute Gasteiger partial charge is 0.222 e. The average Bonchev–Trinajstić information content (AvgIpc) is 3.04. The van der Waals surface area contributed by atoms with Gasteiger partial charge in [0.05, 0.1) is 6.54 Å². The van der Waals surface area contributed by atoms with Crippen molar-refractivity contribution in [2.45, 2.75) is 51.2 Å². The maximum absolute atomic E-state index is 12.4. The number of piperidine rings is 1. The minimum absolute atomic E-state index is 0.192. The lowest BCUT2D eigenvalue weighted by atomic mass is 9.98. The van der Waals surface area contributed by atoms with Crippen molar-refractivity contribution in [3.63, 3.8) is 0 Å². The third-order valence-corrected chi connectivity index (χ3v) is 4.47. The highest BCUT2D eigenvalue weighted by Crippen LogP contribution is 2.17. The number of carbonyl (C=O) groups is 1. The van der Waals surface area contributed by atoms with Crippen LogP contribution in [0.15, 0.2) is 30.3 Å². The Labute approximate surface area is 141 Å². The summed E-state index contributed by atoms with van der Waals surface area (Å²) in [6, 6.07) is 10.2. The van der Waals surface area contributed by atoms with Crippen LogP contribution < -0.4 is 5.73 Å². The van der Waals surface area contributed by atoms with Crippen LogP contribution in [-0.4, -0.2) is 49.6 Å². The number of aromatic nitrogens is 4. The van der Waals surface area contributed by atoms with Crippen LogP contribution in [0.4, 0.5) is 0 Å². The van der Waals surface area contributed by atoms with E-state index in [2.05, 4.69) is 22.3 Å². The van der Waals surface area contributed by atoms with Crippen LogP contribution in [0.25, 0.3) is 11.4 Å². The van der Waals surface area contributed by atoms with E-state index in [9.17, 15) is 4.79 Å². The molecule has 7 nitrogen and oxygen atoms in total. The zero-order chi connectivity index (χ0) is 16.9. The number of aryl methyl sites for hydroxylation is 1. The van der Waals surface area contributed by atoms with Crippen molar-refractivity contribution in [3.8, 4) is 11.4 Å². The summed E-state index contributed by atoms with van der Waals surface area (Å²) in [6.45, 7) is 3.43. The van der Waals surface area contributed by atoms with E-state index in [4.69, 9.17) is 5.73 Å². The van der Waals surface area contributed by atoms with Gasteiger partial charge in [-0.25, -0.2) is 0 Å². The molecule has 2 aromatic rings. The maximum Gasteiger partial charge on any atom is 0.222 e. The van der Waals surface area contributed by atoms with Crippen molar-refractivity contribution >= 4 is 5.91 Å². The van der Waals surface area contributed by atoms with Gasteiger partial charge in [0.25, 0.3) is 0 Å². The quantitative estimate of drug-likeness (QED) is 0.897. The Hall–Kier alpha value is -2.28. The molecule has 0 saturated carbocycles. The van der Waals surface area contributed by atoms with Gasteiger partial charge in [-0.1, -0.05) is 30.3 Å². The summed E-state index contributed by atoms with van der Waals surface area (Å²) in [5.41, 5.74) is 6.89. The predicted molar refractivity (Wildman–Crippen MR) is 90.9 cm³/mol. The summed E-state index contributed by atoms with van der Waals surface area (Å²) in [7, 11) is 0. The number of hydrogen-bond donors (Lipinski definition) is 1. The molecule has 0 unspecified atom stereocenters. The minimum Gasteiger partial charge on any atom is -0.340 e. The average molecular weight is 328 g/mol. The van der Waals surface area contributed by atoms with Gasteiger partial charge >= 0.3 is 0 Å². The monoisotopic (exact) mass is 328 g/mol. The lowest BCUT2D eigenvalue weighted by Crippen LogP contribution is -2.48. The van der Waals surface area contributed by atoms with E-state index in [1.54, 1.807) is 4.80 Å². The molecule has 128 valence electrons. The first-order valence-electron chi connectivity index (χ1n) is 8.52. The van der Waals surface area contributed by atoms with Gasteiger partial charge in [0.15, 0.2) is 0 Å². The van der Waals surface area contributed by atoms with Crippen LogP contribution in [0.3, 0.4) is 0 Å². The fourth-order valence-electron chi connectivity index (χ4n) is 3.14. The Morgan fingerprint density at radius 1 is 1.33 bits per heavy atom. The van der Waals surface area contributed by atoms with E-state index in [1.807, 2.05) is 35.2 Å². The van der Waals surface area contributed by atoms with Crippen LogP contribution in [0.1, 0.15) is 32.6 Å². The van der Waals surface area contributed by atoms with Crippen molar-refractivity contribution < 1.29 is 4.79 Å². The first-order chi connectivity index (χ1) is 11.6. The molecule has 0 spiro atoms. The third kappa shape index (κ3) is 3.97. The number of tetrazole rings is 1. The molecular formula is C17H24N6O. The van der Waals surface area contributed by atoms with Crippen molar-refractivity contribution in [2.24, 2.45) is 5.73 Å². The molecule has 3 rings (SSSR count). The normalized spacial score (nSPS) is 21.0. The minimum atomic E-state index is 0.192. The molecule has 2 N–H and O–H groups in total. The molecule has 2 atom stereocenters. The van der Waals surface area contributed by atoms with Crippen LogP contribution in [0.2, 0.25) is 0 Å². The highest BCUT2D eigenvalue weighted by Gasteiger charge is 2.26. The number of carbonyl (C=O) groups excluding carboxylic acids is 1. The maximum atomic E-state index is 12.4. The number of rotatable bonds is 5. The fourth-order valence-corrected chi connectivity index (χ4v) is 3.14. The topological polar surface area (TPSA) is 89.9 Å². The van der Waals surface area contributed by atoms with Gasteiger partial charge in [-0.3, -0.25) is 4.79 Å². The molecular weight excluding hydrogens is 304 g/mol. The van der Waals surface area contributed by atoms with Crippen LogP contribution in [0, 0.1) is 0 Å². The van der Waals surface area contributed by atoms with Gasteiger partial charge in [-0.15, -0.1) is 10.2 Å². The Balaban J connectivity index is 1.48. The molecule has 1 aromatic heterocycles. The van der Waals surface area contributed by atoms with Gasteiger partial charge in [0.2, 0.25) is 11.7 Å². The Bertz CT molecular complexity index is 671. The van der Waals surface area contributed by atoms with Crippen molar-refractivity contribution in [1.29, 1.82) is 0 Å². The molecule has 1 aromatic carbocycles. The number of nitrogens with zero attached hydrogens (tertiary/aromatic N) is 5. The van der Waals surface area contributed by atoms with Crippen LogP contribution in [0.5, 0.6) is 0 Å². The first-order valence-corrected chi connectivity index (χ1v) is 8.52. The summed E-state index contributed by atoms with van der Waals surface area (Å²) in [5, 5.41) is 12.5. The van der Waals surface area contributed by atoms with E-state index < -0.39 is 0 Å². The lowest BCUT2D eigenvalue weighted by molar-refractivity contribution is -0.134. The highest BCUT2D eigenvalue weighted by atomic mass is 16.2. The highest BCUT2D eigenvalue weighted by molar-refractivity contribution is 5.76. The predicted octanol–water partition coefficient (Wildman–Crippen LogP) is 1.46. The second-order valence-electron chi connectivity index (χ2n) is 6.40. The molecule has 1 saturated heterocycles. The van der Waals surface area contributed by atoms with Gasteiger partial charge in [0, 0.05) is 30.6 Å². The summed E-state index contributed by atoms with van der Waals surface area (Å²) in [5.74, 6) is 0.804. The molecule has 1 amide bonds. The summed E-state index contributed by atoms with van der Waals surface area (Å²) in [4.78, 5) is 15.9. The van der Waals surface area contributed by atoms with Crippen LogP contribution in [-0.2, 0) is 11.3 Å². The van der Waals surface area contributed by atoms with Gasteiger partial charge in [-0.2, -0.15) is 4.80 Å². The van der Waals surface area contributed by atoms with E-state index in [0.29, 0.717) is 25.2 Å². The van der Waals surface area contributed by atoms with Crippen LogP contribution >= 0.6 is 0 Å². The van der Waals surface area contributed by atoms with Crippen molar-refractivity contribution in [1.82, 2.24) is 25.1 Å². The van der Waals surface area contributed by atoms with E-state index in [1.165, 1.54) is 0 Å².